The highest BCUT2D eigenvalue weighted by Gasteiger charge is 2.27. The van der Waals surface area contributed by atoms with Crippen molar-refractivity contribution in [2.45, 2.75) is 50.7 Å². The van der Waals surface area contributed by atoms with E-state index in [2.05, 4.69) is 29.6 Å². The summed E-state index contributed by atoms with van der Waals surface area (Å²) in [5, 5.41) is 21.4. The Hall–Kier alpha value is -3.48. The van der Waals surface area contributed by atoms with Crippen LogP contribution in [-0.4, -0.2) is 34.7 Å². The van der Waals surface area contributed by atoms with E-state index in [1.165, 1.54) is 31.2 Å². The number of rotatable bonds is 10. The Balaban J connectivity index is 1.43. The molecule has 0 unspecified atom stereocenters. The third kappa shape index (κ3) is 6.39. The zero-order chi connectivity index (χ0) is 25.5. The van der Waals surface area contributed by atoms with Gasteiger partial charge in [-0.3, -0.25) is 9.59 Å². The molecule has 1 saturated carbocycles. The highest BCUT2D eigenvalue weighted by molar-refractivity contribution is 5.94. The first-order valence-electron chi connectivity index (χ1n) is 12.6. The third-order valence-electron chi connectivity index (χ3n) is 7.25. The molecular formula is C30H34N2O4. The minimum absolute atomic E-state index is 0.0387. The Morgan fingerprint density at radius 1 is 0.861 bits per heavy atom. The zero-order valence-electron chi connectivity index (χ0n) is 20.4. The summed E-state index contributed by atoms with van der Waals surface area (Å²) in [5.41, 5.74) is 11.3. The average molecular weight is 487 g/mol. The first kappa shape index (κ1) is 25.6. The van der Waals surface area contributed by atoms with Crippen molar-refractivity contribution in [2.24, 2.45) is 11.7 Å². The molecule has 0 heterocycles. The molecule has 3 aromatic carbocycles. The van der Waals surface area contributed by atoms with Crippen molar-refractivity contribution in [2.75, 3.05) is 6.54 Å². The van der Waals surface area contributed by atoms with E-state index in [1.807, 2.05) is 24.3 Å². The van der Waals surface area contributed by atoms with Gasteiger partial charge in [-0.05, 0) is 65.1 Å². The summed E-state index contributed by atoms with van der Waals surface area (Å²) in [4.78, 5) is 23.9. The fourth-order valence-electron chi connectivity index (χ4n) is 5.08. The fraction of sp³-hybridized carbons (Fsp3) is 0.333. The smallest absolute Gasteiger partial charge is 0.320 e. The van der Waals surface area contributed by atoms with Crippen LogP contribution in [0.5, 0.6) is 0 Å². The number of benzene rings is 3. The minimum Gasteiger partial charge on any atom is -0.480 e. The Morgan fingerprint density at radius 2 is 1.42 bits per heavy atom. The highest BCUT2D eigenvalue weighted by Crippen LogP contribution is 2.37. The lowest BCUT2D eigenvalue weighted by Gasteiger charge is -2.25. The SMILES string of the molecule is N[C@@H](Cc1ccc(C(=O)NC[C@@H](c2ccc(-c3ccc(CO)cc3)cc2)C2CCCC2)cc1)C(=O)O. The minimum atomic E-state index is -1.04. The van der Waals surface area contributed by atoms with Gasteiger partial charge in [0, 0.05) is 18.0 Å². The summed E-state index contributed by atoms with van der Waals surface area (Å²) in [7, 11) is 0. The maximum absolute atomic E-state index is 12.9. The summed E-state index contributed by atoms with van der Waals surface area (Å²) < 4.78 is 0. The molecule has 6 nitrogen and oxygen atoms in total. The van der Waals surface area contributed by atoms with E-state index in [9.17, 15) is 14.7 Å². The largest absolute Gasteiger partial charge is 0.480 e. The molecule has 5 N–H and O–H groups in total. The van der Waals surface area contributed by atoms with E-state index >= 15 is 0 Å². The standard InChI is InChI=1S/C30H34N2O4/c31-28(30(35)36)17-20-5-11-26(12-6-20)29(34)32-18-27(24-3-1-2-4-24)25-15-13-23(14-16-25)22-9-7-21(19-33)8-10-22/h5-16,24,27-28,33H,1-4,17-19,31H2,(H,32,34)(H,35,36)/t27-,28+/m1/s1. The number of nitrogens with one attached hydrogen (secondary N) is 1. The molecule has 3 aromatic rings. The van der Waals surface area contributed by atoms with Crippen molar-refractivity contribution in [1.29, 1.82) is 0 Å². The Bertz CT molecular complexity index is 1150. The number of carboxylic acid groups (broad SMARTS) is 1. The van der Waals surface area contributed by atoms with Crippen molar-refractivity contribution < 1.29 is 19.8 Å². The second-order valence-electron chi connectivity index (χ2n) is 9.68. The molecule has 0 bridgehead atoms. The Morgan fingerprint density at radius 3 is 1.97 bits per heavy atom. The zero-order valence-corrected chi connectivity index (χ0v) is 20.4. The van der Waals surface area contributed by atoms with Gasteiger partial charge in [0.2, 0.25) is 0 Å². The molecule has 0 aromatic heterocycles. The topological polar surface area (TPSA) is 113 Å². The molecule has 2 atom stereocenters. The molecule has 36 heavy (non-hydrogen) atoms. The summed E-state index contributed by atoms with van der Waals surface area (Å²) in [6.45, 7) is 0.608. The molecule has 4 rings (SSSR count). The maximum Gasteiger partial charge on any atom is 0.320 e. The Kier molecular flexibility index (Phi) is 8.52. The monoisotopic (exact) mass is 486 g/mol. The van der Waals surface area contributed by atoms with Gasteiger partial charge in [-0.1, -0.05) is 73.5 Å². The first-order chi connectivity index (χ1) is 17.4. The van der Waals surface area contributed by atoms with Gasteiger partial charge < -0.3 is 21.3 Å². The predicted octanol–water partition coefficient (Wildman–Crippen LogP) is 4.50. The molecule has 1 aliphatic rings. The molecule has 0 radical (unpaired) electrons. The van der Waals surface area contributed by atoms with Crippen LogP contribution in [0.4, 0.5) is 0 Å². The quantitative estimate of drug-likeness (QED) is 0.337. The average Bonchev–Trinajstić information content (AvgIpc) is 3.44. The summed E-state index contributed by atoms with van der Waals surface area (Å²) in [6.07, 6.45) is 5.02. The van der Waals surface area contributed by atoms with Gasteiger partial charge >= 0.3 is 5.97 Å². The van der Waals surface area contributed by atoms with Crippen LogP contribution in [0.25, 0.3) is 11.1 Å². The lowest BCUT2D eigenvalue weighted by Crippen LogP contribution is -2.32. The number of carbonyl (C=O) groups is 2. The van der Waals surface area contributed by atoms with Gasteiger partial charge in [0.15, 0.2) is 0 Å². The van der Waals surface area contributed by atoms with Gasteiger partial charge in [0.25, 0.3) is 5.91 Å². The number of hydrogen-bond donors (Lipinski definition) is 4. The van der Waals surface area contributed by atoms with Gasteiger partial charge in [0.1, 0.15) is 6.04 Å². The normalized spacial score (nSPS) is 15.4. The van der Waals surface area contributed by atoms with Gasteiger partial charge in [-0.25, -0.2) is 0 Å². The number of carbonyl (C=O) groups excluding carboxylic acids is 1. The summed E-state index contributed by atoms with van der Waals surface area (Å²) in [5.74, 6) is -0.384. The van der Waals surface area contributed by atoms with Crippen molar-refractivity contribution in [3.8, 4) is 11.1 Å². The highest BCUT2D eigenvalue weighted by atomic mass is 16.4. The number of aliphatic hydroxyl groups excluding tert-OH is 1. The summed E-state index contributed by atoms with van der Waals surface area (Å²) in [6, 6.07) is 22.5. The number of hydrogen-bond acceptors (Lipinski definition) is 4. The van der Waals surface area contributed by atoms with Crippen molar-refractivity contribution in [3.05, 3.63) is 95.1 Å². The van der Waals surface area contributed by atoms with Crippen LogP contribution >= 0.6 is 0 Å². The lowest BCUT2D eigenvalue weighted by molar-refractivity contribution is -0.138. The van der Waals surface area contributed by atoms with E-state index < -0.39 is 12.0 Å². The van der Waals surface area contributed by atoms with Crippen LogP contribution in [-0.2, 0) is 17.8 Å². The van der Waals surface area contributed by atoms with Crippen molar-refractivity contribution in [3.63, 3.8) is 0 Å². The van der Waals surface area contributed by atoms with E-state index in [4.69, 9.17) is 10.8 Å². The molecular weight excluding hydrogens is 452 g/mol. The van der Waals surface area contributed by atoms with Crippen molar-refractivity contribution in [1.82, 2.24) is 5.32 Å². The van der Waals surface area contributed by atoms with Crippen molar-refractivity contribution >= 4 is 11.9 Å². The van der Waals surface area contributed by atoms with Gasteiger partial charge in [-0.2, -0.15) is 0 Å². The van der Waals surface area contributed by atoms with E-state index in [-0.39, 0.29) is 24.9 Å². The number of aliphatic hydroxyl groups is 1. The molecule has 1 amide bonds. The molecule has 0 aliphatic heterocycles. The Labute approximate surface area is 212 Å². The molecule has 0 spiro atoms. The second-order valence-corrected chi connectivity index (χ2v) is 9.68. The van der Waals surface area contributed by atoms with Crippen LogP contribution in [0.15, 0.2) is 72.8 Å². The lowest BCUT2D eigenvalue weighted by atomic mass is 9.84. The van der Waals surface area contributed by atoms with Crippen LogP contribution in [0.3, 0.4) is 0 Å². The third-order valence-corrected chi connectivity index (χ3v) is 7.25. The van der Waals surface area contributed by atoms with E-state index in [0.29, 0.717) is 18.0 Å². The molecule has 6 heteroatoms. The maximum atomic E-state index is 12.9. The molecule has 1 aliphatic carbocycles. The van der Waals surface area contributed by atoms with E-state index in [0.717, 1.165) is 22.3 Å². The number of carboxylic acids is 1. The van der Waals surface area contributed by atoms with Gasteiger partial charge in [-0.15, -0.1) is 0 Å². The van der Waals surface area contributed by atoms with Gasteiger partial charge in [0.05, 0.1) is 6.61 Å². The number of nitrogens with two attached hydrogens (primary N) is 1. The fourth-order valence-corrected chi connectivity index (χ4v) is 5.08. The summed E-state index contributed by atoms with van der Waals surface area (Å²) >= 11 is 0. The second kappa shape index (κ2) is 12.0. The van der Waals surface area contributed by atoms with Crippen LogP contribution in [0, 0.1) is 5.92 Å². The first-order valence-corrected chi connectivity index (χ1v) is 12.6. The van der Waals surface area contributed by atoms with Crippen LogP contribution in [0.2, 0.25) is 0 Å². The van der Waals surface area contributed by atoms with Crippen LogP contribution in [0.1, 0.15) is 58.6 Å². The molecule has 0 saturated heterocycles. The predicted molar refractivity (Wildman–Crippen MR) is 141 cm³/mol. The van der Waals surface area contributed by atoms with E-state index in [1.54, 1.807) is 24.3 Å². The number of aliphatic carboxylic acids is 1. The molecule has 188 valence electrons. The number of amides is 1. The van der Waals surface area contributed by atoms with Crippen LogP contribution < -0.4 is 11.1 Å². The molecule has 1 fully saturated rings.